The van der Waals surface area contributed by atoms with Crippen molar-refractivity contribution < 1.29 is 8.42 Å². The summed E-state index contributed by atoms with van der Waals surface area (Å²) in [7, 11) is -3.56. The predicted octanol–water partition coefficient (Wildman–Crippen LogP) is 5.47. The normalized spacial score (nSPS) is 11.5. The van der Waals surface area contributed by atoms with Crippen molar-refractivity contribution in [2.24, 2.45) is 0 Å². The molecule has 5 rings (SSSR count). The fraction of sp³-hybridized carbons (Fsp3) is 0.0400. The highest BCUT2D eigenvalue weighted by Gasteiger charge is 2.13. The van der Waals surface area contributed by atoms with Crippen molar-refractivity contribution in [3.8, 4) is 0 Å². The molecule has 0 aliphatic carbocycles. The number of rotatable bonds is 6. The number of hydrogen-bond acceptors (Lipinski definition) is 5. The maximum absolute atomic E-state index is 12.5. The molecule has 5 aromatic rings. The van der Waals surface area contributed by atoms with E-state index in [1.165, 1.54) is 0 Å². The van der Waals surface area contributed by atoms with Gasteiger partial charge in [0.1, 0.15) is 5.82 Å². The Hall–Kier alpha value is -3.97. The van der Waals surface area contributed by atoms with Gasteiger partial charge in [-0.1, -0.05) is 54.6 Å². The van der Waals surface area contributed by atoms with Crippen molar-refractivity contribution in [3.05, 3.63) is 103 Å². The van der Waals surface area contributed by atoms with E-state index in [2.05, 4.69) is 15.0 Å². The largest absolute Gasteiger partial charge is 0.354 e. The molecule has 2 N–H and O–H groups in total. The molecule has 0 spiro atoms. The Balaban J connectivity index is 1.41. The molecule has 158 valence electrons. The highest BCUT2D eigenvalue weighted by atomic mass is 32.2. The zero-order valence-electron chi connectivity index (χ0n) is 17.1. The van der Waals surface area contributed by atoms with Crippen molar-refractivity contribution >= 4 is 49.0 Å². The molecular formula is C25H20N4O2S. The van der Waals surface area contributed by atoms with E-state index in [-0.39, 0.29) is 5.75 Å². The van der Waals surface area contributed by atoms with Crippen LogP contribution in [-0.2, 0) is 15.8 Å². The van der Waals surface area contributed by atoms with Gasteiger partial charge in [-0.3, -0.25) is 4.72 Å². The summed E-state index contributed by atoms with van der Waals surface area (Å²) >= 11 is 0. The number of para-hydroxylation sites is 2. The van der Waals surface area contributed by atoms with Gasteiger partial charge in [0, 0.05) is 22.7 Å². The van der Waals surface area contributed by atoms with Crippen molar-refractivity contribution in [1.29, 1.82) is 0 Å². The van der Waals surface area contributed by atoms with Gasteiger partial charge < -0.3 is 5.32 Å². The van der Waals surface area contributed by atoms with Crippen LogP contribution in [0, 0.1) is 0 Å². The molecule has 0 atom stereocenters. The third-order valence-corrected chi connectivity index (χ3v) is 6.33. The average Bonchev–Trinajstić information content (AvgIpc) is 2.80. The van der Waals surface area contributed by atoms with Gasteiger partial charge >= 0.3 is 0 Å². The number of nitrogens with one attached hydrogen (secondary N) is 2. The van der Waals surface area contributed by atoms with E-state index in [0.717, 1.165) is 33.2 Å². The summed E-state index contributed by atoms with van der Waals surface area (Å²) in [6, 6.07) is 28.5. The van der Waals surface area contributed by atoms with E-state index in [4.69, 9.17) is 4.98 Å². The van der Waals surface area contributed by atoms with Crippen LogP contribution in [0.2, 0.25) is 0 Å². The average molecular weight is 441 g/mol. The number of benzene rings is 3. The highest BCUT2D eigenvalue weighted by Crippen LogP contribution is 2.33. The molecular weight excluding hydrogens is 420 g/mol. The molecule has 2 heterocycles. The predicted molar refractivity (Wildman–Crippen MR) is 129 cm³/mol. The van der Waals surface area contributed by atoms with E-state index in [9.17, 15) is 8.42 Å². The van der Waals surface area contributed by atoms with E-state index in [1.807, 2.05) is 72.8 Å². The lowest BCUT2D eigenvalue weighted by Crippen LogP contribution is -2.15. The molecule has 0 saturated heterocycles. The summed E-state index contributed by atoms with van der Waals surface area (Å²) in [6.45, 7) is 0. The first-order valence-electron chi connectivity index (χ1n) is 10.1. The molecule has 2 aromatic heterocycles. The second kappa shape index (κ2) is 8.28. The smallest absolute Gasteiger partial charge is 0.238 e. The van der Waals surface area contributed by atoms with Crippen LogP contribution in [-0.4, -0.2) is 18.4 Å². The first kappa shape index (κ1) is 20.0. The van der Waals surface area contributed by atoms with Gasteiger partial charge in [0.25, 0.3) is 0 Å². The number of hydrogen-bond donors (Lipinski definition) is 2. The maximum atomic E-state index is 12.5. The Bertz CT molecular complexity index is 1450. The lowest BCUT2D eigenvalue weighted by Gasteiger charge is -2.14. The number of nitrogens with zero attached hydrogens (tertiary/aromatic N) is 2. The molecule has 0 bridgehead atoms. The van der Waals surface area contributed by atoms with Gasteiger partial charge in [0.2, 0.25) is 10.0 Å². The number of fused-ring (bicyclic) bond motifs is 2. The Labute approximate surface area is 186 Å². The molecule has 0 aliphatic heterocycles. The zero-order chi connectivity index (χ0) is 22.0. The van der Waals surface area contributed by atoms with Gasteiger partial charge in [-0.05, 0) is 42.0 Å². The van der Waals surface area contributed by atoms with Crippen LogP contribution < -0.4 is 10.0 Å². The van der Waals surface area contributed by atoms with E-state index < -0.39 is 10.0 Å². The second-order valence-electron chi connectivity index (χ2n) is 7.42. The third-order valence-electron chi connectivity index (χ3n) is 5.09. The Morgan fingerprint density at radius 2 is 1.34 bits per heavy atom. The van der Waals surface area contributed by atoms with Crippen LogP contribution in [0.3, 0.4) is 0 Å². The first-order valence-corrected chi connectivity index (χ1v) is 11.8. The summed E-state index contributed by atoms with van der Waals surface area (Å²) in [5.74, 6) is 0.174. The highest BCUT2D eigenvalue weighted by molar-refractivity contribution is 7.91. The van der Waals surface area contributed by atoms with Crippen LogP contribution in [0.4, 0.5) is 17.2 Å². The first-order chi connectivity index (χ1) is 15.6. The lowest BCUT2D eigenvalue weighted by atomic mass is 10.1. The molecule has 7 heteroatoms. The quantitative estimate of drug-likeness (QED) is 0.342. The topological polar surface area (TPSA) is 84.0 Å². The number of anilines is 3. The minimum atomic E-state index is -3.56. The van der Waals surface area contributed by atoms with Crippen molar-refractivity contribution in [1.82, 2.24) is 9.97 Å². The third kappa shape index (κ3) is 4.24. The Morgan fingerprint density at radius 1 is 0.719 bits per heavy atom. The molecule has 3 aromatic carbocycles. The van der Waals surface area contributed by atoms with E-state index in [1.54, 1.807) is 24.4 Å². The summed E-state index contributed by atoms with van der Waals surface area (Å²) in [4.78, 5) is 8.76. The van der Waals surface area contributed by atoms with Gasteiger partial charge in [0.15, 0.2) is 0 Å². The van der Waals surface area contributed by atoms with Crippen LogP contribution in [0.25, 0.3) is 21.8 Å². The second-order valence-corrected chi connectivity index (χ2v) is 9.14. The molecule has 0 amide bonds. The fourth-order valence-electron chi connectivity index (χ4n) is 3.64. The van der Waals surface area contributed by atoms with Crippen molar-refractivity contribution in [2.75, 3.05) is 10.0 Å². The molecule has 0 fully saturated rings. The molecule has 0 saturated carbocycles. The summed E-state index contributed by atoms with van der Waals surface area (Å²) in [6.07, 6.45) is 1.55. The lowest BCUT2D eigenvalue weighted by molar-refractivity contribution is 0.600. The summed E-state index contributed by atoms with van der Waals surface area (Å²) in [5, 5.41) is 5.56. The van der Waals surface area contributed by atoms with Gasteiger partial charge in [0.05, 0.1) is 22.5 Å². The van der Waals surface area contributed by atoms with Gasteiger partial charge in [-0.2, -0.15) is 0 Å². The Kier molecular flexibility index (Phi) is 5.17. The molecule has 0 unspecified atom stereocenters. The number of pyridine rings is 2. The monoisotopic (exact) mass is 440 g/mol. The van der Waals surface area contributed by atoms with Crippen molar-refractivity contribution in [3.63, 3.8) is 0 Å². The molecule has 6 nitrogen and oxygen atoms in total. The standard InChI is InChI=1S/C25H20N4O2S/c30-32(31,29-24-11-5-6-16-26-24)17-18-12-14-19(15-13-18)27-25-20-7-1-3-9-22(20)28-23-10-4-2-8-21(23)25/h1-16H,17H2,(H,26,29)(H,27,28). The Morgan fingerprint density at radius 3 is 1.97 bits per heavy atom. The maximum Gasteiger partial charge on any atom is 0.238 e. The fourth-order valence-corrected chi connectivity index (χ4v) is 4.78. The van der Waals surface area contributed by atoms with Crippen LogP contribution >= 0.6 is 0 Å². The molecule has 0 aliphatic rings. The van der Waals surface area contributed by atoms with E-state index >= 15 is 0 Å². The summed E-state index contributed by atoms with van der Waals surface area (Å²) < 4.78 is 27.4. The van der Waals surface area contributed by atoms with Crippen molar-refractivity contribution in [2.45, 2.75) is 5.75 Å². The number of sulfonamides is 1. The van der Waals surface area contributed by atoms with Crippen LogP contribution in [0.5, 0.6) is 0 Å². The minimum absolute atomic E-state index is 0.134. The molecule has 0 radical (unpaired) electrons. The van der Waals surface area contributed by atoms with Gasteiger partial charge in [-0.25, -0.2) is 18.4 Å². The minimum Gasteiger partial charge on any atom is -0.354 e. The molecule has 32 heavy (non-hydrogen) atoms. The van der Waals surface area contributed by atoms with E-state index in [0.29, 0.717) is 11.4 Å². The van der Waals surface area contributed by atoms with Crippen LogP contribution in [0.15, 0.2) is 97.2 Å². The number of aromatic nitrogens is 2. The van der Waals surface area contributed by atoms with Gasteiger partial charge in [-0.15, -0.1) is 0 Å². The summed E-state index contributed by atoms with van der Waals surface area (Å²) in [5.41, 5.74) is 4.35. The van der Waals surface area contributed by atoms with Crippen LogP contribution in [0.1, 0.15) is 5.56 Å². The zero-order valence-corrected chi connectivity index (χ0v) is 17.9. The SMILES string of the molecule is O=S(=O)(Cc1ccc(Nc2c3ccccc3nc3ccccc23)cc1)Nc1ccccn1.